The summed E-state index contributed by atoms with van der Waals surface area (Å²) in [6, 6.07) is 3.10. The van der Waals surface area contributed by atoms with E-state index in [1.807, 2.05) is 6.92 Å². The van der Waals surface area contributed by atoms with Crippen molar-refractivity contribution in [3.05, 3.63) is 50.7 Å². The highest BCUT2D eigenvalue weighted by Gasteiger charge is 2.50. The van der Waals surface area contributed by atoms with E-state index in [1.165, 1.54) is 0 Å². The fourth-order valence-electron chi connectivity index (χ4n) is 6.07. The Morgan fingerprint density at radius 2 is 2.08 bits per heavy atom. The predicted molar refractivity (Wildman–Crippen MR) is 151 cm³/mol. The van der Waals surface area contributed by atoms with Crippen molar-refractivity contribution in [2.24, 2.45) is 0 Å². The molecule has 3 aromatic rings. The van der Waals surface area contributed by atoms with Crippen molar-refractivity contribution in [1.29, 1.82) is 0 Å². The molecule has 2 saturated heterocycles. The molecular weight excluding hydrogens is 537 g/mol. The zero-order valence-electron chi connectivity index (χ0n) is 23.0. The van der Waals surface area contributed by atoms with Gasteiger partial charge in [-0.1, -0.05) is 11.6 Å². The largest absolute Gasteiger partial charge is 0.389 e. The van der Waals surface area contributed by atoms with Crippen LogP contribution in [-0.2, 0) is 16.0 Å². The second kappa shape index (κ2) is 10.6. The molecule has 40 heavy (non-hydrogen) atoms. The van der Waals surface area contributed by atoms with Crippen molar-refractivity contribution in [1.82, 2.24) is 19.4 Å². The molecule has 2 aliphatic heterocycles. The van der Waals surface area contributed by atoms with Gasteiger partial charge in [-0.3, -0.25) is 9.69 Å². The lowest BCUT2D eigenvalue weighted by atomic mass is 10.0. The first-order valence-electron chi connectivity index (χ1n) is 13.9. The van der Waals surface area contributed by atoms with Crippen molar-refractivity contribution in [2.75, 3.05) is 38.3 Å². The van der Waals surface area contributed by atoms with E-state index in [2.05, 4.69) is 38.6 Å². The van der Waals surface area contributed by atoms with Crippen molar-refractivity contribution < 1.29 is 19.0 Å². The Kier molecular flexibility index (Phi) is 7.33. The van der Waals surface area contributed by atoms with Crippen molar-refractivity contribution in [3.8, 4) is 11.3 Å². The van der Waals surface area contributed by atoms with Gasteiger partial charge < -0.3 is 24.5 Å². The minimum atomic E-state index is -0.718. The number of rotatable bonds is 6. The van der Waals surface area contributed by atoms with Gasteiger partial charge in [0.05, 0.1) is 54.1 Å². The Labute approximate surface area is 237 Å². The molecule has 9 nitrogen and oxygen atoms in total. The van der Waals surface area contributed by atoms with Gasteiger partial charge in [-0.05, 0) is 52.2 Å². The standard InChI is InChI=1S/C29H35ClFN5O4/c1-16(2)36-22-11-18(26-20(31)12-32-28(34-26)33-21-4-8-39-14-24(21)37)10-19(30)25(22)27(38)17(3)23(36)13-35-7-9-40-15-29(35)5-6-29/h10-12,16,21,24,37H,4-9,13-15H2,1-3H3,(H,32,33,34)/t21-,24-/m1/s1. The molecule has 3 fully saturated rings. The lowest BCUT2D eigenvalue weighted by molar-refractivity contribution is -0.0256. The summed E-state index contributed by atoms with van der Waals surface area (Å²) in [6.07, 6.45) is 3.15. The number of anilines is 1. The quantitative estimate of drug-likeness (QED) is 0.457. The van der Waals surface area contributed by atoms with Crippen molar-refractivity contribution >= 4 is 28.5 Å². The van der Waals surface area contributed by atoms with Gasteiger partial charge in [0, 0.05) is 48.1 Å². The number of aliphatic hydroxyl groups is 1. The van der Waals surface area contributed by atoms with E-state index in [0.717, 1.165) is 37.9 Å². The molecule has 1 spiro atoms. The molecule has 3 aliphatic rings. The number of ether oxygens (including phenoxy) is 2. The lowest BCUT2D eigenvalue weighted by Crippen LogP contribution is -2.47. The highest BCUT2D eigenvalue weighted by Crippen LogP contribution is 2.44. The predicted octanol–water partition coefficient (Wildman–Crippen LogP) is 4.07. The Balaban J connectivity index is 1.45. The monoisotopic (exact) mass is 571 g/mol. The summed E-state index contributed by atoms with van der Waals surface area (Å²) in [5.41, 5.74) is 2.71. The van der Waals surface area contributed by atoms with Crippen LogP contribution in [0.4, 0.5) is 10.3 Å². The third-order valence-corrected chi connectivity index (χ3v) is 8.81. The van der Waals surface area contributed by atoms with E-state index in [9.17, 15) is 9.90 Å². The number of aromatic nitrogens is 3. The number of benzene rings is 1. The van der Waals surface area contributed by atoms with E-state index in [-0.39, 0.29) is 46.3 Å². The highest BCUT2D eigenvalue weighted by molar-refractivity contribution is 6.35. The van der Waals surface area contributed by atoms with E-state index in [4.69, 9.17) is 21.1 Å². The van der Waals surface area contributed by atoms with Crippen LogP contribution in [0.15, 0.2) is 23.1 Å². The van der Waals surface area contributed by atoms with Crippen LogP contribution in [0.5, 0.6) is 0 Å². The molecule has 2 N–H and O–H groups in total. The van der Waals surface area contributed by atoms with Gasteiger partial charge in [0.15, 0.2) is 11.2 Å². The maximum Gasteiger partial charge on any atom is 0.223 e. The molecule has 0 unspecified atom stereocenters. The molecule has 6 rings (SSSR count). The number of hydrogen-bond donors (Lipinski definition) is 2. The van der Waals surface area contributed by atoms with E-state index in [1.54, 1.807) is 12.1 Å². The summed E-state index contributed by atoms with van der Waals surface area (Å²) < 4.78 is 28.4. The number of morpholine rings is 1. The fourth-order valence-corrected chi connectivity index (χ4v) is 6.37. The Bertz CT molecular complexity index is 1510. The van der Waals surface area contributed by atoms with Crippen LogP contribution in [0.2, 0.25) is 5.02 Å². The Morgan fingerprint density at radius 3 is 2.80 bits per heavy atom. The zero-order valence-corrected chi connectivity index (χ0v) is 23.8. The molecule has 11 heteroatoms. The average molecular weight is 572 g/mol. The summed E-state index contributed by atoms with van der Waals surface area (Å²) in [4.78, 5) is 24.7. The third-order valence-electron chi connectivity index (χ3n) is 8.51. The number of aliphatic hydroxyl groups excluding tert-OH is 1. The van der Waals surface area contributed by atoms with Gasteiger partial charge in [-0.25, -0.2) is 14.4 Å². The molecule has 0 radical (unpaired) electrons. The maximum atomic E-state index is 15.2. The van der Waals surface area contributed by atoms with E-state index in [0.29, 0.717) is 48.2 Å². The second-order valence-corrected chi connectivity index (χ2v) is 11.9. The number of pyridine rings is 1. The SMILES string of the molecule is Cc1c(CN2CCOCC23CC3)n(C(C)C)c2cc(-c3nc(N[C@@H]4CCOC[C@H]4O)ncc3F)cc(Cl)c2c1=O. The molecule has 1 aliphatic carbocycles. The number of halogens is 2. The fraction of sp³-hybridized carbons (Fsp3) is 0.552. The molecule has 2 atom stereocenters. The van der Waals surface area contributed by atoms with Gasteiger partial charge in [-0.2, -0.15) is 0 Å². The van der Waals surface area contributed by atoms with E-state index >= 15 is 4.39 Å². The Hall–Kier alpha value is -2.63. The van der Waals surface area contributed by atoms with Crippen LogP contribution in [0.1, 0.15) is 50.4 Å². The summed E-state index contributed by atoms with van der Waals surface area (Å²) in [5.74, 6) is -0.408. The molecule has 4 heterocycles. The molecule has 1 aromatic carbocycles. The van der Waals surface area contributed by atoms with Crippen LogP contribution in [-0.4, -0.2) is 75.2 Å². The minimum Gasteiger partial charge on any atom is -0.389 e. The van der Waals surface area contributed by atoms with Crippen LogP contribution in [0, 0.1) is 12.7 Å². The minimum absolute atomic E-state index is 0.0155. The normalized spacial score (nSPS) is 22.8. The lowest BCUT2D eigenvalue weighted by Gasteiger charge is -2.37. The van der Waals surface area contributed by atoms with Crippen LogP contribution in [0.3, 0.4) is 0 Å². The van der Waals surface area contributed by atoms with Gasteiger partial charge in [0.25, 0.3) is 0 Å². The summed E-state index contributed by atoms with van der Waals surface area (Å²) in [7, 11) is 0. The van der Waals surface area contributed by atoms with Crippen molar-refractivity contribution in [2.45, 2.75) is 70.3 Å². The number of nitrogens with one attached hydrogen (secondary N) is 1. The van der Waals surface area contributed by atoms with Crippen LogP contribution in [0.25, 0.3) is 22.2 Å². The second-order valence-electron chi connectivity index (χ2n) is 11.5. The number of fused-ring (bicyclic) bond motifs is 1. The van der Waals surface area contributed by atoms with Crippen LogP contribution < -0.4 is 10.7 Å². The first-order chi connectivity index (χ1) is 19.2. The maximum absolute atomic E-state index is 15.2. The summed E-state index contributed by atoms with van der Waals surface area (Å²) >= 11 is 6.76. The van der Waals surface area contributed by atoms with Gasteiger partial charge in [-0.15, -0.1) is 0 Å². The van der Waals surface area contributed by atoms with Gasteiger partial charge in [0.2, 0.25) is 5.95 Å². The van der Waals surface area contributed by atoms with Crippen molar-refractivity contribution in [3.63, 3.8) is 0 Å². The highest BCUT2D eigenvalue weighted by atomic mass is 35.5. The Morgan fingerprint density at radius 1 is 1.27 bits per heavy atom. The number of nitrogens with zero attached hydrogens (tertiary/aromatic N) is 4. The topological polar surface area (TPSA) is 102 Å². The molecule has 0 bridgehead atoms. The van der Waals surface area contributed by atoms with E-state index < -0.39 is 11.9 Å². The smallest absolute Gasteiger partial charge is 0.223 e. The average Bonchev–Trinajstić information content (AvgIpc) is 3.70. The molecule has 0 amide bonds. The summed E-state index contributed by atoms with van der Waals surface area (Å²) in [6.45, 7) is 9.57. The third kappa shape index (κ3) is 4.90. The van der Waals surface area contributed by atoms with Gasteiger partial charge >= 0.3 is 0 Å². The van der Waals surface area contributed by atoms with Gasteiger partial charge in [0.1, 0.15) is 5.69 Å². The molecule has 214 valence electrons. The molecular formula is C29H35ClFN5O4. The number of hydrogen-bond acceptors (Lipinski definition) is 8. The van der Waals surface area contributed by atoms with Crippen LogP contribution >= 0.6 is 11.6 Å². The molecule has 2 aromatic heterocycles. The molecule has 1 saturated carbocycles. The first-order valence-corrected chi connectivity index (χ1v) is 14.3. The first kappa shape index (κ1) is 27.5. The summed E-state index contributed by atoms with van der Waals surface area (Å²) in [5, 5.41) is 14.0. The zero-order chi connectivity index (χ0) is 28.2.